The van der Waals surface area contributed by atoms with Gasteiger partial charge < -0.3 is 14.3 Å². The first kappa shape index (κ1) is 24.8. The van der Waals surface area contributed by atoms with E-state index < -0.39 is 23.5 Å². The standard InChI is InChI=1S/C30H26BrNO5/c1-17(2)16-36-23-9-5-7-19(14-23)27-26(28(33)25-15-20-13-21(31)10-11-24(20)37-25)29(34)30(35)32(27)22-8-4-6-18(3)12-22/h4-15,17,27,34H,16H2,1-3H3. The highest BCUT2D eigenvalue weighted by Gasteiger charge is 2.45. The number of carbonyl (C=O) groups is 2. The Morgan fingerprint density at radius 2 is 1.86 bits per heavy atom. The van der Waals surface area contributed by atoms with Gasteiger partial charge in [0.15, 0.2) is 11.5 Å². The molecule has 6 nitrogen and oxygen atoms in total. The minimum absolute atomic E-state index is 0.0364. The molecule has 0 spiro atoms. The predicted molar refractivity (Wildman–Crippen MR) is 146 cm³/mol. The maximum Gasteiger partial charge on any atom is 0.294 e. The number of hydrogen-bond acceptors (Lipinski definition) is 5. The Morgan fingerprint density at radius 3 is 2.62 bits per heavy atom. The van der Waals surface area contributed by atoms with Crippen molar-refractivity contribution in [3.05, 3.63) is 105 Å². The van der Waals surface area contributed by atoms with Gasteiger partial charge in [-0.05, 0) is 72.5 Å². The number of benzene rings is 3. The molecule has 1 aliphatic heterocycles. The van der Waals surface area contributed by atoms with E-state index in [4.69, 9.17) is 9.15 Å². The summed E-state index contributed by atoms with van der Waals surface area (Å²) >= 11 is 3.43. The number of halogens is 1. The van der Waals surface area contributed by atoms with Crippen molar-refractivity contribution < 1.29 is 23.8 Å². The molecule has 1 unspecified atom stereocenters. The second-order valence-electron chi connectivity index (χ2n) is 9.58. The summed E-state index contributed by atoms with van der Waals surface area (Å²) in [5, 5.41) is 11.8. The molecule has 2 heterocycles. The van der Waals surface area contributed by atoms with Crippen LogP contribution in [0.4, 0.5) is 5.69 Å². The molecule has 1 amide bonds. The fourth-order valence-electron chi connectivity index (χ4n) is 4.49. The largest absolute Gasteiger partial charge is 0.503 e. The number of aliphatic hydroxyl groups excluding tert-OH is 1. The Kier molecular flexibility index (Phi) is 6.65. The van der Waals surface area contributed by atoms with Crippen LogP contribution in [0.2, 0.25) is 0 Å². The quantitative estimate of drug-likeness (QED) is 0.240. The van der Waals surface area contributed by atoms with Gasteiger partial charge in [-0.3, -0.25) is 14.5 Å². The van der Waals surface area contributed by atoms with Crippen molar-refractivity contribution in [1.82, 2.24) is 0 Å². The van der Waals surface area contributed by atoms with E-state index in [2.05, 4.69) is 29.8 Å². The molecule has 0 fully saturated rings. The van der Waals surface area contributed by atoms with Crippen molar-refractivity contribution in [3.63, 3.8) is 0 Å². The van der Waals surface area contributed by atoms with Gasteiger partial charge in [-0.1, -0.05) is 54.0 Å². The summed E-state index contributed by atoms with van der Waals surface area (Å²) in [6.07, 6.45) is 0. The summed E-state index contributed by atoms with van der Waals surface area (Å²) in [6.45, 7) is 6.56. The SMILES string of the molecule is Cc1cccc(N2C(=O)C(O)=C(C(=O)c3cc4cc(Br)ccc4o3)C2c2cccc(OCC(C)C)c2)c1. The molecule has 188 valence electrons. The molecule has 0 aliphatic carbocycles. The lowest BCUT2D eigenvalue weighted by molar-refractivity contribution is -0.117. The van der Waals surface area contributed by atoms with Gasteiger partial charge in [0.25, 0.3) is 5.91 Å². The topological polar surface area (TPSA) is 80.0 Å². The number of hydrogen-bond donors (Lipinski definition) is 1. The van der Waals surface area contributed by atoms with E-state index >= 15 is 0 Å². The smallest absolute Gasteiger partial charge is 0.294 e. The zero-order valence-corrected chi connectivity index (χ0v) is 22.3. The Bertz CT molecular complexity index is 1550. The highest BCUT2D eigenvalue weighted by atomic mass is 79.9. The number of ketones is 1. The number of aryl methyl sites for hydroxylation is 1. The second-order valence-corrected chi connectivity index (χ2v) is 10.5. The first-order chi connectivity index (χ1) is 17.7. The van der Waals surface area contributed by atoms with Crippen LogP contribution < -0.4 is 9.64 Å². The van der Waals surface area contributed by atoms with Crippen LogP contribution in [0.25, 0.3) is 11.0 Å². The fourth-order valence-corrected chi connectivity index (χ4v) is 4.87. The average molecular weight is 560 g/mol. The maximum atomic E-state index is 13.9. The predicted octanol–water partition coefficient (Wildman–Crippen LogP) is 7.32. The van der Waals surface area contributed by atoms with Crippen molar-refractivity contribution in [2.75, 3.05) is 11.5 Å². The van der Waals surface area contributed by atoms with Gasteiger partial charge in [-0.2, -0.15) is 0 Å². The highest BCUT2D eigenvalue weighted by Crippen LogP contribution is 2.43. The number of carbonyl (C=O) groups excluding carboxylic acids is 2. The third kappa shape index (κ3) is 4.79. The van der Waals surface area contributed by atoms with Crippen LogP contribution in [-0.2, 0) is 4.79 Å². The first-order valence-electron chi connectivity index (χ1n) is 12.0. The number of fused-ring (bicyclic) bond motifs is 1. The zero-order chi connectivity index (χ0) is 26.3. The number of aliphatic hydroxyl groups is 1. The molecule has 5 rings (SSSR count). The van der Waals surface area contributed by atoms with E-state index in [1.165, 1.54) is 4.90 Å². The number of Topliss-reactive ketones (excluding diaryl/α,β-unsaturated/α-hetero) is 1. The monoisotopic (exact) mass is 559 g/mol. The number of nitrogens with zero attached hydrogens (tertiary/aromatic N) is 1. The molecule has 37 heavy (non-hydrogen) atoms. The van der Waals surface area contributed by atoms with Crippen LogP contribution in [0, 0.1) is 12.8 Å². The summed E-state index contributed by atoms with van der Waals surface area (Å²) in [5.41, 5.74) is 2.66. The summed E-state index contributed by atoms with van der Waals surface area (Å²) < 4.78 is 12.6. The summed E-state index contributed by atoms with van der Waals surface area (Å²) in [7, 11) is 0. The van der Waals surface area contributed by atoms with E-state index in [9.17, 15) is 14.7 Å². The molecule has 1 aliphatic rings. The van der Waals surface area contributed by atoms with Gasteiger partial charge >= 0.3 is 0 Å². The molecule has 0 saturated carbocycles. The van der Waals surface area contributed by atoms with E-state index in [0.717, 1.165) is 15.4 Å². The number of amides is 1. The van der Waals surface area contributed by atoms with Crippen LogP contribution in [0.1, 0.15) is 41.6 Å². The molecule has 3 aromatic carbocycles. The normalized spacial score (nSPS) is 15.8. The maximum absolute atomic E-state index is 13.9. The van der Waals surface area contributed by atoms with Crippen LogP contribution in [0.3, 0.4) is 0 Å². The lowest BCUT2D eigenvalue weighted by Crippen LogP contribution is -2.31. The molecule has 1 N–H and O–H groups in total. The molecule has 4 aromatic rings. The van der Waals surface area contributed by atoms with Gasteiger partial charge in [-0.15, -0.1) is 0 Å². The van der Waals surface area contributed by atoms with E-state index in [1.807, 2.05) is 61.5 Å². The van der Waals surface area contributed by atoms with Crippen LogP contribution in [0.5, 0.6) is 5.75 Å². The molecule has 0 saturated heterocycles. The van der Waals surface area contributed by atoms with Crippen LogP contribution in [-0.4, -0.2) is 23.4 Å². The average Bonchev–Trinajstić information content (AvgIpc) is 3.41. The van der Waals surface area contributed by atoms with Gasteiger partial charge in [0.2, 0.25) is 5.78 Å². The molecule has 1 aromatic heterocycles. The fraction of sp³-hybridized carbons (Fsp3) is 0.200. The second kappa shape index (κ2) is 9.90. The summed E-state index contributed by atoms with van der Waals surface area (Å²) in [4.78, 5) is 28.8. The molecule has 0 bridgehead atoms. The van der Waals surface area contributed by atoms with Gasteiger partial charge in [-0.25, -0.2) is 0 Å². The van der Waals surface area contributed by atoms with Gasteiger partial charge in [0.05, 0.1) is 18.2 Å². The number of rotatable bonds is 7. The van der Waals surface area contributed by atoms with Crippen molar-refractivity contribution in [2.45, 2.75) is 26.8 Å². The Balaban J connectivity index is 1.63. The summed E-state index contributed by atoms with van der Waals surface area (Å²) in [5.74, 6) is -0.792. The van der Waals surface area contributed by atoms with Gasteiger partial charge in [0.1, 0.15) is 11.3 Å². The van der Waals surface area contributed by atoms with E-state index in [1.54, 1.807) is 18.2 Å². The van der Waals surface area contributed by atoms with E-state index in [-0.39, 0.29) is 11.3 Å². The Hall–Kier alpha value is -3.84. The molecular weight excluding hydrogens is 534 g/mol. The zero-order valence-electron chi connectivity index (χ0n) is 20.7. The lowest BCUT2D eigenvalue weighted by Gasteiger charge is -2.27. The van der Waals surface area contributed by atoms with Crippen LogP contribution >= 0.6 is 15.9 Å². The first-order valence-corrected chi connectivity index (χ1v) is 12.8. The molecule has 7 heteroatoms. The molecule has 0 radical (unpaired) electrons. The third-order valence-corrected chi connectivity index (χ3v) is 6.69. The van der Waals surface area contributed by atoms with Crippen molar-refractivity contribution in [3.8, 4) is 5.75 Å². The summed E-state index contributed by atoms with van der Waals surface area (Å²) in [6, 6.07) is 20.9. The minimum atomic E-state index is -0.871. The Labute approximate surface area is 223 Å². The van der Waals surface area contributed by atoms with Crippen LogP contribution in [0.15, 0.2) is 93.0 Å². The van der Waals surface area contributed by atoms with Gasteiger partial charge in [0, 0.05) is 15.5 Å². The highest BCUT2D eigenvalue weighted by molar-refractivity contribution is 9.10. The number of furan rings is 1. The lowest BCUT2D eigenvalue weighted by atomic mass is 9.94. The van der Waals surface area contributed by atoms with Crippen molar-refractivity contribution in [1.29, 1.82) is 0 Å². The van der Waals surface area contributed by atoms with Crippen molar-refractivity contribution in [2.24, 2.45) is 5.92 Å². The van der Waals surface area contributed by atoms with E-state index in [0.29, 0.717) is 35.1 Å². The minimum Gasteiger partial charge on any atom is -0.503 e. The molecule has 1 atom stereocenters. The Morgan fingerprint density at radius 1 is 1.08 bits per heavy atom. The number of anilines is 1. The van der Waals surface area contributed by atoms with Crippen molar-refractivity contribution >= 4 is 44.3 Å². The molecular formula is C30H26BrNO5. The third-order valence-electron chi connectivity index (χ3n) is 6.19. The number of ether oxygens (including phenoxy) is 1.